The van der Waals surface area contributed by atoms with Crippen molar-refractivity contribution in [2.45, 2.75) is 25.0 Å². The van der Waals surface area contributed by atoms with Crippen molar-refractivity contribution in [1.29, 1.82) is 0 Å². The summed E-state index contributed by atoms with van der Waals surface area (Å²) >= 11 is 1.74. The highest BCUT2D eigenvalue weighted by Crippen LogP contribution is 2.19. The van der Waals surface area contributed by atoms with Gasteiger partial charge in [0.1, 0.15) is 0 Å². The summed E-state index contributed by atoms with van der Waals surface area (Å²) in [5.74, 6) is 0.0413. The Morgan fingerprint density at radius 1 is 1.58 bits per heavy atom. The lowest BCUT2D eigenvalue weighted by atomic mass is 10.2. The summed E-state index contributed by atoms with van der Waals surface area (Å²) in [7, 11) is 0. The molecule has 0 unspecified atom stereocenters. The quantitative estimate of drug-likeness (QED) is 0.667. The van der Waals surface area contributed by atoms with E-state index in [1.807, 2.05) is 6.26 Å². The maximum atomic E-state index is 11.0. The average molecular weight is 190 g/mol. The van der Waals surface area contributed by atoms with Crippen molar-refractivity contribution in [3.63, 3.8) is 0 Å². The first-order chi connectivity index (χ1) is 5.52. The van der Waals surface area contributed by atoms with Crippen molar-refractivity contribution in [2.24, 2.45) is 5.73 Å². The molecule has 0 spiro atoms. The van der Waals surface area contributed by atoms with Gasteiger partial charge in [0.25, 0.3) is 0 Å². The van der Waals surface area contributed by atoms with Crippen LogP contribution in [0.3, 0.4) is 0 Å². The van der Waals surface area contributed by atoms with E-state index in [1.165, 1.54) is 0 Å². The Kier molecular flexibility index (Phi) is 5.33. The number of rotatable bonds is 5. The summed E-state index contributed by atoms with van der Waals surface area (Å²) < 4.78 is 0.115. The Morgan fingerprint density at radius 2 is 2.17 bits per heavy atom. The van der Waals surface area contributed by atoms with E-state index < -0.39 is 0 Å². The monoisotopic (exact) mass is 190 g/mol. The number of carbonyl (C=O) groups is 1. The molecule has 0 bridgehead atoms. The standard InChI is InChI=1S/C8H18N2OS/c1-8(2,12-3)6-10-7(11)4-5-9/h4-6,9H2,1-3H3,(H,10,11). The third kappa shape index (κ3) is 5.43. The first-order valence-corrected chi connectivity index (χ1v) is 5.26. The third-order valence-electron chi connectivity index (χ3n) is 1.64. The number of thioether (sulfide) groups is 1. The zero-order chi connectivity index (χ0) is 9.61. The van der Waals surface area contributed by atoms with Crippen molar-refractivity contribution in [3.8, 4) is 0 Å². The van der Waals surface area contributed by atoms with E-state index in [-0.39, 0.29) is 10.7 Å². The second-order valence-corrected chi connectivity index (χ2v) is 4.79. The lowest BCUT2D eigenvalue weighted by Gasteiger charge is -2.22. The molecular weight excluding hydrogens is 172 g/mol. The molecule has 0 aromatic heterocycles. The van der Waals surface area contributed by atoms with Gasteiger partial charge in [-0.1, -0.05) is 0 Å². The second kappa shape index (κ2) is 5.43. The fourth-order valence-electron chi connectivity index (χ4n) is 0.603. The first kappa shape index (κ1) is 11.8. The van der Waals surface area contributed by atoms with Gasteiger partial charge in [-0.05, 0) is 20.1 Å². The Bertz CT molecular complexity index is 148. The van der Waals surface area contributed by atoms with Gasteiger partial charge in [0.15, 0.2) is 0 Å². The molecule has 0 fully saturated rings. The number of nitrogens with one attached hydrogen (secondary N) is 1. The molecule has 3 N–H and O–H groups in total. The van der Waals surface area contributed by atoms with Crippen LogP contribution < -0.4 is 11.1 Å². The van der Waals surface area contributed by atoms with Gasteiger partial charge in [0.05, 0.1) is 0 Å². The van der Waals surface area contributed by atoms with Crippen LogP contribution in [0.4, 0.5) is 0 Å². The molecule has 0 aliphatic carbocycles. The fourth-order valence-corrected chi connectivity index (χ4v) is 0.820. The molecule has 0 saturated heterocycles. The lowest BCUT2D eigenvalue weighted by Crippen LogP contribution is -2.36. The van der Waals surface area contributed by atoms with Crippen LogP contribution in [0.1, 0.15) is 20.3 Å². The molecule has 72 valence electrons. The molecule has 1 amide bonds. The highest BCUT2D eigenvalue weighted by molar-refractivity contribution is 7.99. The van der Waals surface area contributed by atoms with Gasteiger partial charge >= 0.3 is 0 Å². The van der Waals surface area contributed by atoms with Crippen LogP contribution in [0.15, 0.2) is 0 Å². The smallest absolute Gasteiger partial charge is 0.221 e. The van der Waals surface area contributed by atoms with E-state index in [0.717, 1.165) is 0 Å². The van der Waals surface area contributed by atoms with Gasteiger partial charge in [-0.15, -0.1) is 0 Å². The van der Waals surface area contributed by atoms with Gasteiger partial charge in [-0.2, -0.15) is 11.8 Å². The van der Waals surface area contributed by atoms with Crippen molar-refractivity contribution in [3.05, 3.63) is 0 Å². The fraction of sp³-hybridized carbons (Fsp3) is 0.875. The molecular formula is C8H18N2OS. The topological polar surface area (TPSA) is 55.1 Å². The van der Waals surface area contributed by atoms with E-state index in [2.05, 4.69) is 19.2 Å². The molecule has 0 radical (unpaired) electrons. The van der Waals surface area contributed by atoms with Crippen molar-refractivity contribution in [1.82, 2.24) is 5.32 Å². The van der Waals surface area contributed by atoms with E-state index in [0.29, 0.717) is 19.5 Å². The van der Waals surface area contributed by atoms with E-state index in [4.69, 9.17) is 5.73 Å². The summed E-state index contributed by atoms with van der Waals surface area (Å²) in [6.45, 7) is 5.32. The summed E-state index contributed by atoms with van der Waals surface area (Å²) in [4.78, 5) is 11.0. The molecule has 3 nitrogen and oxygen atoms in total. The number of nitrogens with two attached hydrogens (primary N) is 1. The number of carbonyl (C=O) groups excluding carboxylic acids is 1. The van der Waals surface area contributed by atoms with Crippen LogP contribution in [0.25, 0.3) is 0 Å². The SMILES string of the molecule is CSC(C)(C)CNC(=O)CCN. The molecule has 0 aromatic carbocycles. The molecule has 0 heterocycles. The molecule has 0 aliphatic heterocycles. The number of amides is 1. The van der Waals surface area contributed by atoms with Crippen LogP contribution in [0.5, 0.6) is 0 Å². The normalized spacial score (nSPS) is 11.3. The van der Waals surface area contributed by atoms with Crippen molar-refractivity contribution >= 4 is 17.7 Å². The van der Waals surface area contributed by atoms with Crippen molar-refractivity contribution in [2.75, 3.05) is 19.3 Å². The Labute approximate surface area is 78.5 Å². The first-order valence-electron chi connectivity index (χ1n) is 4.04. The Hall–Kier alpha value is -0.220. The molecule has 0 atom stereocenters. The highest BCUT2D eigenvalue weighted by Gasteiger charge is 2.16. The highest BCUT2D eigenvalue weighted by atomic mass is 32.2. The minimum atomic E-state index is 0.0413. The number of hydrogen-bond acceptors (Lipinski definition) is 3. The van der Waals surface area contributed by atoms with Gasteiger partial charge in [0, 0.05) is 24.3 Å². The van der Waals surface area contributed by atoms with Crippen LogP contribution in [-0.4, -0.2) is 30.0 Å². The van der Waals surface area contributed by atoms with E-state index in [9.17, 15) is 4.79 Å². The largest absolute Gasteiger partial charge is 0.355 e. The third-order valence-corrected chi connectivity index (χ3v) is 2.88. The predicted octanol–water partition coefficient (Wildman–Crippen LogP) is 0.593. The minimum Gasteiger partial charge on any atom is -0.355 e. The zero-order valence-electron chi connectivity index (χ0n) is 8.02. The average Bonchev–Trinajstić information content (AvgIpc) is 2.02. The molecule has 4 heteroatoms. The molecule has 12 heavy (non-hydrogen) atoms. The van der Waals surface area contributed by atoms with Gasteiger partial charge in [-0.3, -0.25) is 4.79 Å². The molecule has 0 aliphatic rings. The number of hydrogen-bond donors (Lipinski definition) is 2. The molecule has 0 rings (SSSR count). The molecule has 0 saturated carbocycles. The predicted molar refractivity (Wildman–Crippen MR) is 54.3 cm³/mol. The van der Waals surface area contributed by atoms with Crippen LogP contribution >= 0.6 is 11.8 Å². The van der Waals surface area contributed by atoms with Crippen molar-refractivity contribution < 1.29 is 4.79 Å². The summed E-state index contributed by atoms with van der Waals surface area (Å²) in [6, 6.07) is 0. The Balaban J connectivity index is 3.60. The summed E-state index contributed by atoms with van der Waals surface area (Å²) in [5.41, 5.74) is 5.24. The summed E-state index contributed by atoms with van der Waals surface area (Å²) in [5, 5.41) is 2.84. The van der Waals surface area contributed by atoms with Gasteiger partial charge < -0.3 is 11.1 Å². The van der Waals surface area contributed by atoms with Gasteiger partial charge in [-0.25, -0.2) is 0 Å². The second-order valence-electron chi connectivity index (χ2n) is 3.28. The van der Waals surface area contributed by atoms with E-state index >= 15 is 0 Å². The Morgan fingerprint density at radius 3 is 2.58 bits per heavy atom. The van der Waals surface area contributed by atoms with Crippen LogP contribution in [0, 0.1) is 0 Å². The van der Waals surface area contributed by atoms with E-state index in [1.54, 1.807) is 11.8 Å². The minimum absolute atomic E-state index is 0.0413. The van der Waals surface area contributed by atoms with Gasteiger partial charge in [0.2, 0.25) is 5.91 Å². The molecule has 0 aromatic rings. The lowest BCUT2D eigenvalue weighted by molar-refractivity contribution is -0.120. The van der Waals surface area contributed by atoms with Crippen LogP contribution in [-0.2, 0) is 4.79 Å². The zero-order valence-corrected chi connectivity index (χ0v) is 8.83. The van der Waals surface area contributed by atoms with Crippen LogP contribution in [0.2, 0.25) is 0 Å². The maximum absolute atomic E-state index is 11.0. The summed E-state index contributed by atoms with van der Waals surface area (Å²) in [6.07, 6.45) is 2.46. The maximum Gasteiger partial charge on any atom is 0.221 e.